The summed E-state index contributed by atoms with van der Waals surface area (Å²) in [6.45, 7) is 1.92. The molecule has 2 atom stereocenters. The summed E-state index contributed by atoms with van der Waals surface area (Å²) in [6.07, 6.45) is 25.9. The minimum absolute atomic E-state index is 0.123. The van der Waals surface area contributed by atoms with Gasteiger partial charge in [0.1, 0.15) is 6.10 Å². The summed E-state index contributed by atoms with van der Waals surface area (Å²) >= 11 is 0. The monoisotopic (exact) mass is 378 g/mol. The third kappa shape index (κ3) is 15.6. The molecule has 0 aromatic heterocycles. The molecule has 3 nitrogen and oxygen atoms in total. The highest BCUT2D eigenvalue weighted by atomic mass is 16.5. The maximum Gasteiger partial charge on any atom is 0.308 e. The van der Waals surface area contributed by atoms with Gasteiger partial charge in [-0.1, -0.05) is 82.1 Å². The van der Waals surface area contributed by atoms with Gasteiger partial charge in [0, 0.05) is 6.42 Å². The number of carbonyl (C=O) groups is 1. The molecule has 1 aliphatic heterocycles. The van der Waals surface area contributed by atoms with Crippen LogP contribution in [0.15, 0.2) is 24.3 Å². The van der Waals surface area contributed by atoms with Crippen LogP contribution in [0.3, 0.4) is 0 Å². The van der Waals surface area contributed by atoms with Gasteiger partial charge in [-0.2, -0.15) is 0 Å². The summed E-state index contributed by atoms with van der Waals surface area (Å²) in [7, 11) is 0. The second-order valence-electron chi connectivity index (χ2n) is 8.03. The van der Waals surface area contributed by atoms with E-state index in [2.05, 4.69) is 24.3 Å². The average Bonchev–Trinajstić information content (AvgIpc) is 2.62. The fourth-order valence-electron chi connectivity index (χ4n) is 3.51. The van der Waals surface area contributed by atoms with Crippen LogP contribution in [0, 0.1) is 0 Å². The Kier molecular flexibility index (Phi) is 15.1. The number of rotatable bonds is 0. The number of aliphatic hydroxyl groups excluding tert-OH is 1. The summed E-state index contributed by atoms with van der Waals surface area (Å²) in [6, 6.07) is 0. The van der Waals surface area contributed by atoms with Crippen molar-refractivity contribution in [1.29, 1.82) is 0 Å². The van der Waals surface area contributed by atoms with Crippen molar-refractivity contribution in [2.24, 2.45) is 0 Å². The van der Waals surface area contributed by atoms with E-state index in [-0.39, 0.29) is 18.5 Å². The Balaban J connectivity index is 2.33. The van der Waals surface area contributed by atoms with E-state index in [1.165, 1.54) is 57.8 Å². The van der Waals surface area contributed by atoms with E-state index in [9.17, 15) is 9.90 Å². The molecule has 0 unspecified atom stereocenters. The topological polar surface area (TPSA) is 46.5 Å². The van der Waals surface area contributed by atoms with E-state index in [4.69, 9.17) is 4.74 Å². The first-order valence-electron chi connectivity index (χ1n) is 11.4. The average molecular weight is 379 g/mol. The summed E-state index contributed by atoms with van der Waals surface area (Å²) in [4.78, 5) is 11.9. The van der Waals surface area contributed by atoms with Crippen LogP contribution in [0.5, 0.6) is 0 Å². The zero-order chi connectivity index (χ0) is 19.6. The van der Waals surface area contributed by atoms with Crippen molar-refractivity contribution in [2.45, 2.75) is 122 Å². The maximum atomic E-state index is 11.9. The summed E-state index contributed by atoms with van der Waals surface area (Å²) in [5.74, 6) is -0.277. The number of esters is 1. The maximum absolute atomic E-state index is 11.9. The highest BCUT2D eigenvalue weighted by molar-refractivity contribution is 5.70. The Morgan fingerprint density at radius 2 is 1.30 bits per heavy atom. The quantitative estimate of drug-likeness (QED) is 0.379. The van der Waals surface area contributed by atoms with Crippen molar-refractivity contribution in [3.8, 4) is 0 Å². The molecule has 0 aromatic carbocycles. The zero-order valence-corrected chi connectivity index (χ0v) is 17.5. The molecule has 0 aliphatic carbocycles. The molecule has 0 amide bonds. The Hall–Kier alpha value is -1.09. The molecule has 0 saturated heterocycles. The first kappa shape index (κ1) is 23.9. The van der Waals surface area contributed by atoms with E-state index in [1.54, 1.807) is 0 Å². The predicted molar refractivity (Wildman–Crippen MR) is 114 cm³/mol. The Labute approximate surface area is 167 Å². The first-order valence-corrected chi connectivity index (χ1v) is 11.4. The van der Waals surface area contributed by atoms with Gasteiger partial charge in [0.05, 0.1) is 12.5 Å². The summed E-state index contributed by atoms with van der Waals surface area (Å²) in [5.41, 5.74) is 0. The lowest BCUT2D eigenvalue weighted by Gasteiger charge is -2.14. The predicted octanol–water partition coefficient (Wildman–Crippen LogP) is 6.65. The van der Waals surface area contributed by atoms with Crippen LogP contribution in [0.4, 0.5) is 0 Å². The smallest absolute Gasteiger partial charge is 0.308 e. The molecule has 1 N–H and O–H groups in total. The van der Waals surface area contributed by atoms with Crippen LogP contribution >= 0.6 is 0 Å². The van der Waals surface area contributed by atoms with Crippen LogP contribution in [0.2, 0.25) is 0 Å². The first-order chi connectivity index (χ1) is 13.2. The van der Waals surface area contributed by atoms with Gasteiger partial charge >= 0.3 is 5.97 Å². The SMILES string of the molecule is C[C@@H]1C/C=C/CC/C=C/CCCCCCCCCCCC[C@H](O)CC(=O)O1. The van der Waals surface area contributed by atoms with Crippen LogP contribution in [0.1, 0.15) is 110 Å². The lowest BCUT2D eigenvalue weighted by atomic mass is 10.0. The van der Waals surface area contributed by atoms with Gasteiger partial charge in [-0.25, -0.2) is 0 Å². The van der Waals surface area contributed by atoms with E-state index in [0.29, 0.717) is 6.42 Å². The van der Waals surface area contributed by atoms with E-state index < -0.39 is 6.10 Å². The third-order valence-corrected chi connectivity index (χ3v) is 5.19. The zero-order valence-electron chi connectivity index (χ0n) is 17.5. The number of cyclic esters (lactones) is 1. The molecular weight excluding hydrogens is 336 g/mol. The number of ether oxygens (including phenoxy) is 1. The van der Waals surface area contributed by atoms with E-state index >= 15 is 0 Å². The molecule has 27 heavy (non-hydrogen) atoms. The molecule has 156 valence electrons. The highest BCUT2D eigenvalue weighted by Crippen LogP contribution is 2.14. The second kappa shape index (κ2) is 17.0. The van der Waals surface area contributed by atoms with Crippen LogP contribution in [-0.4, -0.2) is 23.3 Å². The molecule has 0 bridgehead atoms. The molecule has 0 saturated carbocycles. The van der Waals surface area contributed by atoms with Crippen LogP contribution in [-0.2, 0) is 9.53 Å². The van der Waals surface area contributed by atoms with Gasteiger partial charge in [-0.15, -0.1) is 0 Å². The molecule has 0 spiro atoms. The molecule has 0 radical (unpaired) electrons. The lowest BCUT2D eigenvalue weighted by Crippen LogP contribution is -2.20. The molecule has 1 rings (SSSR count). The number of allylic oxidation sites excluding steroid dienone is 3. The Bertz CT molecular complexity index is 414. The van der Waals surface area contributed by atoms with Gasteiger partial charge < -0.3 is 9.84 Å². The number of aliphatic hydroxyl groups is 1. The van der Waals surface area contributed by atoms with Gasteiger partial charge in [-0.3, -0.25) is 4.79 Å². The number of carbonyl (C=O) groups excluding carboxylic acids is 1. The van der Waals surface area contributed by atoms with Crippen molar-refractivity contribution in [1.82, 2.24) is 0 Å². The molecule has 1 aliphatic rings. The van der Waals surface area contributed by atoms with Crippen LogP contribution in [0.25, 0.3) is 0 Å². The molecular formula is C24H42O3. The summed E-state index contributed by atoms with van der Waals surface area (Å²) in [5, 5.41) is 10.0. The minimum atomic E-state index is -0.558. The fourth-order valence-corrected chi connectivity index (χ4v) is 3.51. The Morgan fingerprint density at radius 1 is 0.778 bits per heavy atom. The van der Waals surface area contributed by atoms with Gasteiger partial charge in [-0.05, 0) is 39.0 Å². The highest BCUT2D eigenvalue weighted by Gasteiger charge is 2.14. The fraction of sp³-hybridized carbons (Fsp3) is 0.792. The van der Waals surface area contributed by atoms with Crippen LogP contribution < -0.4 is 0 Å². The van der Waals surface area contributed by atoms with E-state index in [1.807, 2.05) is 6.92 Å². The molecule has 0 fully saturated rings. The second-order valence-corrected chi connectivity index (χ2v) is 8.03. The standard InChI is InChI=1S/C24H42O3/c1-22-19-17-15-13-11-9-7-5-3-2-4-6-8-10-12-14-16-18-20-23(25)21-24(26)27-22/h7,9,15,17,22-23,25H,2-6,8,10-14,16,18-21H2,1H3/b9-7+,17-15+/t22-,23+/m1/s1. The summed E-state index contributed by atoms with van der Waals surface area (Å²) < 4.78 is 5.39. The van der Waals surface area contributed by atoms with Gasteiger partial charge in [0.2, 0.25) is 0 Å². The number of hydrogen-bond acceptors (Lipinski definition) is 3. The van der Waals surface area contributed by atoms with Gasteiger partial charge in [0.15, 0.2) is 0 Å². The van der Waals surface area contributed by atoms with Crippen molar-refractivity contribution >= 4 is 5.97 Å². The van der Waals surface area contributed by atoms with Gasteiger partial charge in [0.25, 0.3) is 0 Å². The molecule has 3 heteroatoms. The van der Waals surface area contributed by atoms with Crippen molar-refractivity contribution < 1.29 is 14.6 Å². The number of hydrogen-bond donors (Lipinski definition) is 1. The lowest BCUT2D eigenvalue weighted by molar-refractivity contribution is -0.150. The Morgan fingerprint density at radius 3 is 1.96 bits per heavy atom. The third-order valence-electron chi connectivity index (χ3n) is 5.19. The minimum Gasteiger partial charge on any atom is -0.462 e. The largest absolute Gasteiger partial charge is 0.462 e. The molecule has 1 heterocycles. The van der Waals surface area contributed by atoms with Crippen molar-refractivity contribution in [3.63, 3.8) is 0 Å². The molecule has 0 aromatic rings. The normalized spacial score (nSPS) is 29.2. The van der Waals surface area contributed by atoms with Crippen molar-refractivity contribution in [2.75, 3.05) is 0 Å². The van der Waals surface area contributed by atoms with Crippen molar-refractivity contribution in [3.05, 3.63) is 24.3 Å². The van der Waals surface area contributed by atoms with E-state index in [0.717, 1.165) is 32.1 Å².